The van der Waals surface area contributed by atoms with Crippen LogP contribution in [0.4, 0.5) is 0 Å². The van der Waals surface area contributed by atoms with Gasteiger partial charge in [0.15, 0.2) is 0 Å². The number of carboxylic acids is 1. The summed E-state index contributed by atoms with van der Waals surface area (Å²) in [6.07, 6.45) is 0.928. The van der Waals surface area contributed by atoms with Crippen molar-refractivity contribution in [3.05, 3.63) is 12.2 Å². The number of amides is 1. The van der Waals surface area contributed by atoms with E-state index in [9.17, 15) is 14.7 Å². The summed E-state index contributed by atoms with van der Waals surface area (Å²) in [6.45, 7) is 6.91. The molecule has 1 N–H and O–H groups in total. The van der Waals surface area contributed by atoms with Crippen LogP contribution < -0.4 is 10.4 Å². The third-order valence-corrected chi connectivity index (χ3v) is 2.80. The van der Waals surface area contributed by atoms with Gasteiger partial charge < -0.3 is 14.4 Å². The minimum absolute atomic E-state index is 0.0577. The lowest BCUT2D eigenvalue weighted by Crippen LogP contribution is -2.74. The van der Waals surface area contributed by atoms with Gasteiger partial charge in [-0.05, 0) is 13.3 Å². The summed E-state index contributed by atoms with van der Waals surface area (Å²) in [5.41, 5.74) is -1.15. The second-order valence-corrected chi connectivity index (χ2v) is 5.14. The quantitative estimate of drug-likeness (QED) is 0.392. The zero-order valence-electron chi connectivity index (χ0n) is 11.3. The van der Waals surface area contributed by atoms with Gasteiger partial charge in [0.05, 0.1) is 21.1 Å². The van der Waals surface area contributed by atoms with Crippen LogP contribution in [0.2, 0.25) is 0 Å². The molecule has 0 aliphatic heterocycles. The van der Waals surface area contributed by atoms with Crippen LogP contribution >= 0.6 is 0 Å². The van der Waals surface area contributed by atoms with Crippen molar-refractivity contribution in [2.45, 2.75) is 32.4 Å². The summed E-state index contributed by atoms with van der Waals surface area (Å²) >= 11 is 0. The van der Waals surface area contributed by atoms with E-state index in [2.05, 4.69) is 11.9 Å². The van der Waals surface area contributed by atoms with Gasteiger partial charge in [-0.15, -0.1) is 0 Å². The number of nitrogens with one attached hydrogen (secondary N) is 1. The Balaban J connectivity index is 5.42. The zero-order chi connectivity index (χ0) is 13.9. The molecule has 0 radical (unpaired) electrons. The van der Waals surface area contributed by atoms with Crippen molar-refractivity contribution >= 4 is 11.9 Å². The predicted molar refractivity (Wildman–Crippen MR) is 63.6 cm³/mol. The minimum Gasteiger partial charge on any atom is -0.542 e. The fraction of sp³-hybridized carbons (Fsp3) is 0.667. The summed E-state index contributed by atoms with van der Waals surface area (Å²) in [5.74, 6) is -1.74. The minimum atomic E-state index is -1.43. The van der Waals surface area contributed by atoms with Gasteiger partial charge >= 0.3 is 0 Å². The van der Waals surface area contributed by atoms with E-state index >= 15 is 0 Å². The molecular weight excluding hydrogens is 220 g/mol. The van der Waals surface area contributed by atoms with E-state index in [4.69, 9.17) is 0 Å². The number of carbonyl (C=O) groups excluding carboxylic acids is 2. The maximum atomic E-state index is 11.7. The number of likely N-dealkylation sites (N-methyl/N-ethyl adjacent to an activating group) is 1. The molecule has 5 heteroatoms. The van der Waals surface area contributed by atoms with Crippen LogP contribution in [0.1, 0.15) is 26.7 Å². The summed E-state index contributed by atoms with van der Waals surface area (Å²) in [6, 6.07) is 0. The second kappa shape index (κ2) is 5.31. The lowest BCUT2D eigenvalue weighted by Gasteiger charge is -2.46. The van der Waals surface area contributed by atoms with E-state index in [1.165, 1.54) is 6.92 Å². The van der Waals surface area contributed by atoms with Crippen molar-refractivity contribution in [2.75, 3.05) is 21.1 Å². The van der Waals surface area contributed by atoms with E-state index in [0.29, 0.717) is 12.8 Å². The smallest absolute Gasteiger partial charge is 0.251 e. The molecule has 0 saturated carbocycles. The molecule has 0 aromatic heterocycles. The van der Waals surface area contributed by atoms with Gasteiger partial charge in [-0.25, -0.2) is 0 Å². The molecule has 1 atom stereocenters. The van der Waals surface area contributed by atoms with Crippen LogP contribution in [-0.2, 0) is 9.59 Å². The largest absolute Gasteiger partial charge is 0.542 e. The highest BCUT2D eigenvalue weighted by atomic mass is 16.4. The Hall–Kier alpha value is -1.36. The Morgan fingerprint density at radius 3 is 2.06 bits per heavy atom. The molecule has 0 aromatic rings. The van der Waals surface area contributed by atoms with Gasteiger partial charge in [0.25, 0.3) is 5.91 Å². The van der Waals surface area contributed by atoms with Crippen LogP contribution in [0, 0.1) is 0 Å². The Morgan fingerprint density at radius 2 is 1.82 bits per heavy atom. The highest BCUT2D eigenvalue weighted by molar-refractivity contribution is 5.95. The maximum Gasteiger partial charge on any atom is 0.251 e. The molecule has 17 heavy (non-hydrogen) atoms. The summed E-state index contributed by atoms with van der Waals surface area (Å²) < 4.78 is 0.0577. The Bertz CT molecular complexity index is 331. The van der Waals surface area contributed by atoms with Crippen molar-refractivity contribution < 1.29 is 19.2 Å². The number of carboxylic acid groups (broad SMARTS) is 1. The van der Waals surface area contributed by atoms with Gasteiger partial charge in [0.2, 0.25) is 5.66 Å². The van der Waals surface area contributed by atoms with Gasteiger partial charge in [0.1, 0.15) is 5.97 Å². The molecule has 0 saturated heterocycles. The normalized spacial score (nSPS) is 14.9. The average molecular weight is 242 g/mol. The Labute approximate surface area is 103 Å². The fourth-order valence-electron chi connectivity index (χ4n) is 1.65. The molecule has 1 amide bonds. The van der Waals surface area contributed by atoms with E-state index in [-0.39, 0.29) is 10.1 Å². The first-order valence-electron chi connectivity index (χ1n) is 5.59. The number of rotatable bonds is 6. The lowest BCUT2D eigenvalue weighted by molar-refractivity contribution is -0.919. The molecule has 0 fully saturated rings. The standard InChI is InChI=1S/C12H22N2O3/c1-7-8-12(11(16)17,14(4,5)6)13-10(15)9(2)3/h2,7-8H2,1,3-6H3,(H-,13,15,16,17). The van der Waals surface area contributed by atoms with E-state index in [0.717, 1.165) is 0 Å². The van der Waals surface area contributed by atoms with Crippen LogP contribution in [0.5, 0.6) is 0 Å². The Morgan fingerprint density at radius 1 is 1.35 bits per heavy atom. The molecular formula is C12H22N2O3. The van der Waals surface area contributed by atoms with Crippen LogP contribution in [0.15, 0.2) is 12.2 Å². The molecule has 1 unspecified atom stereocenters. The topological polar surface area (TPSA) is 69.2 Å². The number of hydrogen-bond acceptors (Lipinski definition) is 3. The second-order valence-electron chi connectivity index (χ2n) is 5.14. The number of quaternary nitrogens is 1. The van der Waals surface area contributed by atoms with Crippen molar-refractivity contribution in [1.82, 2.24) is 5.32 Å². The first-order chi connectivity index (χ1) is 7.58. The molecule has 5 nitrogen and oxygen atoms in total. The average Bonchev–Trinajstić information content (AvgIpc) is 2.14. The molecule has 0 aliphatic carbocycles. The van der Waals surface area contributed by atoms with E-state index < -0.39 is 17.5 Å². The van der Waals surface area contributed by atoms with Crippen molar-refractivity contribution in [2.24, 2.45) is 0 Å². The highest BCUT2D eigenvalue weighted by Crippen LogP contribution is 2.22. The first-order valence-corrected chi connectivity index (χ1v) is 5.59. The summed E-state index contributed by atoms with van der Waals surface area (Å²) in [7, 11) is 5.14. The monoisotopic (exact) mass is 242 g/mol. The maximum absolute atomic E-state index is 11.7. The molecule has 0 aliphatic rings. The predicted octanol–water partition coefficient (Wildman–Crippen LogP) is -0.369. The molecule has 0 bridgehead atoms. The van der Waals surface area contributed by atoms with Crippen molar-refractivity contribution in [3.8, 4) is 0 Å². The van der Waals surface area contributed by atoms with Gasteiger partial charge in [-0.1, -0.05) is 13.5 Å². The third kappa shape index (κ3) is 3.30. The van der Waals surface area contributed by atoms with E-state index in [1.807, 2.05) is 6.92 Å². The van der Waals surface area contributed by atoms with Crippen LogP contribution in [0.25, 0.3) is 0 Å². The first kappa shape index (κ1) is 15.6. The third-order valence-electron chi connectivity index (χ3n) is 2.80. The lowest BCUT2D eigenvalue weighted by atomic mass is 10.00. The molecule has 0 heterocycles. The summed E-state index contributed by atoms with van der Waals surface area (Å²) in [4.78, 5) is 23.1. The Kier molecular flexibility index (Phi) is 4.89. The molecule has 0 spiro atoms. The molecule has 0 rings (SSSR count). The number of hydrogen-bond donors (Lipinski definition) is 1. The van der Waals surface area contributed by atoms with Gasteiger partial charge in [-0.3, -0.25) is 10.1 Å². The fourth-order valence-corrected chi connectivity index (χ4v) is 1.65. The zero-order valence-corrected chi connectivity index (χ0v) is 11.3. The number of carbonyl (C=O) groups is 2. The van der Waals surface area contributed by atoms with Gasteiger partial charge in [0, 0.05) is 12.0 Å². The highest BCUT2D eigenvalue weighted by Gasteiger charge is 2.45. The number of aliphatic carboxylic acids is 1. The molecule has 98 valence electrons. The number of nitrogens with zero attached hydrogens (tertiary/aromatic N) is 1. The molecule has 0 aromatic carbocycles. The van der Waals surface area contributed by atoms with Crippen molar-refractivity contribution in [3.63, 3.8) is 0 Å². The van der Waals surface area contributed by atoms with Crippen molar-refractivity contribution in [1.29, 1.82) is 0 Å². The summed E-state index contributed by atoms with van der Waals surface area (Å²) in [5, 5.41) is 14.0. The van der Waals surface area contributed by atoms with E-state index in [1.54, 1.807) is 21.1 Å². The SMILES string of the molecule is C=C(C)C(=O)NC(CCC)(C(=O)[O-])[N+](C)(C)C. The van der Waals surface area contributed by atoms with Gasteiger partial charge in [-0.2, -0.15) is 0 Å². The van der Waals surface area contributed by atoms with Crippen LogP contribution in [-0.4, -0.2) is 43.2 Å². The van der Waals surface area contributed by atoms with Crippen LogP contribution in [0.3, 0.4) is 0 Å².